The largest absolute Gasteiger partial charge is 0.481 e. The number of halogens is 1. The summed E-state index contributed by atoms with van der Waals surface area (Å²) in [6.07, 6.45) is 1.32. The van der Waals surface area contributed by atoms with Crippen LogP contribution in [0.3, 0.4) is 0 Å². The molecule has 0 aliphatic heterocycles. The van der Waals surface area contributed by atoms with Crippen LogP contribution in [0.15, 0.2) is 66.7 Å². The van der Waals surface area contributed by atoms with E-state index < -0.39 is 5.97 Å². The van der Waals surface area contributed by atoms with E-state index in [0.29, 0.717) is 34.5 Å². The zero-order valence-corrected chi connectivity index (χ0v) is 21.9. The minimum atomic E-state index is -0.814. The van der Waals surface area contributed by atoms with Gasteiger partial charge in [-0.2, -0.15) is 0 Å². The highest BCUT2D eigenvalue weighted by atomic mass is 35.5. The molecule has 6 nitrogen and oxygen atoms in total. The van der Waals surface area contributed by atoms with Crippen LogP contribution in [0, 0.1) is 12.8 Å². The maximum Gasteiger partial charge on any atom is 0.303 e. The fourth-order valence-corrected chi connectivity index (χ4v) is 4.37. The normalized spacial score (nSPS) is 12.8. The number of carbonyl (C=O) groups excluding carboxylic acids is 1. The summed E-state index contributed by atoms with van der Waals surface area (Å²) in [6.45, 7) is 5.91. The van der Waals surface area contributed by atoms with E-state index in [-0.39, 0.29) is 24.3 Å². The predicted molar refractivity (Wildman–Crippen MR) is 147 cm³/mol. The number of aliphatic carboxylic acids is 1. The van der Waals surface area contributed by atoms with Crippen molar-refractivity contribution in [1.29, 1.82) is 0 Å². The van der Waals surface area contributed by atoms with Gasteiger partial charge in [0, 0.05) is 22.6 Å². The third-order valence-electron chi connectivity index (χ3n) is 6.44. The van der Waals surface area contributed by atoms with E-state index in [1.807, 2.05) is 75.4 Å². The molecule has 0 spiro atoms. The SMILES string of the molecule is Cc1ccc([C@@H](C)NC(=O)c2ccc3nc(-c4ccc(Cl)cc4)c(CCC(C)CC(=O)O)nc3c2)cc1. The first kappa shape index (κ1) is 26.3. The topological polar surface area (TPSA) is 92.2 Å². The Morgan fingerprint density at radius 2 is 1.65 bits per heavy atom. The van der Waals surface area contributed by atoms with Crippen molar-refractivity contribution in [3.8, 4) is 11.3 Å². The van der Waals surface area contributed by atoms with Gasteiger partial charge in [-0.1, -0.05) is 60.5 Å². The molecule has 37 heavy (non-hydrogen) atoms. The highest BCUT2D eigenvalue weighted by Gasteiger charge is 2.17. The lowest BCUT2D eigenvalue weighted by Gasteiger charge is -2.15. The minimum Gasteiger partial charge on any atom is -0.481 e. The molecular weight excluding hydrogens is 486 g/mol. The van der Waals surface area contributed by atoms with Crippen molar-refractivity contribution in [2.75, 3.05) is 0 Å². The van der Waals surface area contributed by atoms with Crippen molar-refractivity contribution in [3.05, 3.63) is 94.1 Å². The third kappa shape index (κ3) is 6.71. The molecular formula is C30H30ClN3O3. The second kappa shape index (κ2) is 11.5. The van der Waals surface area contributed by atoms with Crippen LogP contribution in [0.2, 0.25) is 5.02 Å². The number of carboxylic acids is 1. The van der Waals surface area contributed by atoms with Crippen LogP contribution in [-0.4, -0.2) is 27.0 Å². The summed E-state index contributed by atoms with van der Waals surface area (Å²) < 4.78 is 0. The third-order valence-corrected chi connectivity index (χ3v) is 6.69. The maximum absolute atomic E-state index is 13.0. The monoisotopic (exact) mass is 515 g/mol. The van der Waals surface area contributed by atoms with Gasteiger partial charge in [-0.15, -0.1) is 0 Å². The second-order valence-corrected chi connectivity index (χ2v) is 10.0. The zero-order valence-electron chi connectivity index (χ0n) is 21.2. The van der Waals surface area contributed by atoms with Gasteiger partial charge in [-0.3, -0.25) is 9.59 Å². The Morgan fingerprint density at radius 3 is 2.32 bits per heavy atom. The number of carbonyl (C=O) groups is 2. The van der Waals surface area contributed by atoms with E-state index in [4.69, 9.17) is 26.7 Å². The summed E-state index contributed by atoms with van der Waals surface area (Å²) >= 11 is 6.08. The van der Waals surface area contributed by atoms with Crippen molar-refractivity contribution in [3.63, 3.8) is 0 Å². The molecule has 0 aliphatic carbocycles. The van der Waals surface area contributed by atoms with Crippen LogP contribution in [0.4, 0.5) is 0 Å². The Balaban J connectivity index is 1.64. The molecule has 4 rings (SSSR count). The summed E-state index contributed by atoms with van der Waals surface area (Å²) in [6, 6.07) is 20.7. The second-order valence-electron chi connectivity index (χ2n) is 9.58. The predicted octanol–water partition coefficient (Wildman–Crippen LogP) is 6.79. The van der Waals surface area contributed by atoms with Crippen molar-refractivity contribution >= 4 is 34.5 Å². The fraction of sp³-hybridized carbons (Fsp3) is 0.267. The lowest BCUT2D eigenvalue weighted by molar-refractivity contribution is -0.138. The summed E-state index contributed by atoms with van der Waals surface area (Å²) in [5.41, 5.74) is 6.38. The molecule has 0 bridgehead atoms. The van der Waals surface area contributed by atoms with E-state index in [2.05, 4.69) is 5.32 Å². The molecule has 1 aromatic heterocycles. The highest BCUT2D eigenvalue weighted by Crippen LogP contribution is 2.27. The molecule has 0 fully saturated rings. The van der Waals surface area contributed by atoms with Crippen molar-refractivity contribution in [2.24, 2.45) is 5.92 Å². The first-order valence-electron chi connectivity index (χ1n) is 12.4. The number of carboxylic acid groups (broad SMARTS) is 1. The average molecular weight is 516 g/mol. The Bertz CT molecular complexity index is 1420. The molecule has 7 heteroatoms. The van der Waals surface area contributed by atoms with Gasteiger partial charge in [0.1, 0.15) is 0 Å². The Labute approximate surface area is 221 Å². The van der Waals surface area contributed by atoms with Gasteiger partial charge in [0.15, 0.2) is 0 Å². The smallest absolute Gasteiger partial charge is 0.303 e. The van der Waals surface area contributed by atoms with Crippen LogP contribution in [0.25, 0.3) is 22.3 Å². The Morgan fingerprint density at radius 1 is 0.946 bits per heavy atom. The number of benzene rings is 3. The Kier molecular flexibility index (Phi) is 8.19. The minimum absolute atomic E-state index is 0.00608. The molecule has 1 unspecified atom stereocenters. The summed E-state index contributed by atoms with van der Waals surface area (Å²) in [4.78, 5) is 33.9. The van der Waals surface area contributed by atoms with Crippen LogP contribution in [-0.2, 0) is 11.2 Å². The average Bonchev–Trinajstić information content (AvgIpc) is 2.87. The van der Waals surface area contributed by atoms with Crippen LogP contribution >= 0.6 is 11.6 Å². The standard InChI is InChI=1S/C30H30ClN3O3/c1-18-4-7-21(8-5-18)20(3)32-30(37)23-11-15-25-27(17-23)33-26(14-6-19(2)16-28(35)36)29(34-25)22-9-12-24(31)13-10-22/h4-5,7-13,15,17,19-20H,6,14,16H2,1-3H3,(H,32,37)(H,35,36)/t19?,20-/m1/s1. The molecule has 1 heterocycles. The molecule has 3 aromatic carbocycles. The van der Waals surface area contributed by atoms with Crippen LogP contribution in [0.5, 0.6) is 0 Å². The number of aromatic nitrogens is 2. The van der Waals surface area contributed by atoms with Gasteiger partial charge in [0.25, 0.3) is 5.91 Å². The van der Waals surface area contributed by atoms with Gasteiger partial charge < -0.3 is 10.4 Å². The van der Waals surface area contributed by atoms with Gasteiger partial charge in [0.2, 0.25) is 0 Å². The number of nitrogens with one attached hydrogen (secondary N) is 1. The van der Waals surface area contributed by atoms with Crippen molar-refractivity contribution < 1.29 is 14.7 Å². The molecule has 4 aromatic rings. The molecule has 0 aliphatic rings. The van der Waals surface area contributed by atoms with Gasteiger partial charge in [-0.05, 0) is 68.5 Å². The molecule has 190 valence electrons. The quantitative estimate of drug-likeness (QED) is 0.256. The molecule has 0 saturated heterocycles. The summed E-state index contributed by atoms with van der Waals surface area (Å²) in [7, 11) is 0. The van der Waals surface area contributed by atoms with E-state index >= 15 is 0 Å². The number of aryl methyl sites for hydroxylation is 2. The number of amides is 1. The molecule has 1 amide bonds. The number of hydrogen-bond acceptors (Lipinski definition) is 4. The lowest BCUT2D eigenvalue weighted by atomic mass is 9.98. The van der Waals surface area contributed by atoms with E-state index in [1.165, 1.54) is 5.56 Å². The Hall–Kier alpha value is -3.77. The number of nitrogens with zero attached hydrogens (tertiary/aromatic N) is 2. The molecule has 2 atom stereocenters. The first-order chi connectivity index (χ1) is 17.7. The van der Waals surface area contributed by atoms with Gasteiger partial charge >= 0.3 is 5.97 Å². The summed E-state index contributed by atoms with van der Waals surface area (Å²) in [5.74, 6) is -1.01. The number of rotatable bonds is 9. The molecule has 0 saturated carbocycles. The maximum atomic E-state index is 13.0. The van der Waals surface area contributed by atoms with Gasteiger partial charge in [-0.25, -0.2) is 9.97 Å². The van der Waals surface area contributed by atoms with Crippen LogP contribution in [0.1, 0.15) is 59.9 Å². The van der Waals surface area contributed by atoms with E-state index in [1.54, 1.807) is 12.1 Å². The lowest BCUT2D eigenvalue weighted by Crippen LogP contribution is -2.26. The number of fused-ring (bicyclic) bond motifs is 1. The molecule has 2 N–H and O–H groups in total. The van der Waals surface area contributed by atoms with E-state index in [9.17, 15) is 9.59 Å². The highest BCUT2D eigenvalue weighted by molar-refractivity contribution is 6.30. The van der Waals surface area contributed by atoms with Crippen LogP contribution < -0.4 is 5.32 Å². The van der Waals surface area contributed by atoms with Gasteiger partial charge in [0.05, 0.1) is 28.5 Å². The first-order valence-corrected chi connectivity index (χ1v) is 12.7. The molecule has 0 radical (unpaired) electrons. The van der Waals surface area contributed by atoms with E-state index in [0.717, 1.165) is 22.5 Å². The van der Waals surface area contributed by atoms with Crippen molar-refractivity contribution in [2.45, 2.75) is 46.1 Å². The zero-order chi connectivity index (χ0) is 26.5. The summed E-state index contributed by atoms with van der Waals surface area (Å²) in [5, 5.41) is 12.8. The fourth-order valence-electron chi connectivity index (χ4n) is 4.25. The number of hydrogen-bond donors (Lipinski definition) is 2. The van der Waals surface area contributed by atoms with Crippen molar-refractivity contribution in [1.82, 2.24) is 15.3 Å².